The Balaban J connectivity index is 1.42. The van der Waals surface area contributed by atoms with Crippen molar-refractivity contribution in [3.05, 3.63) is 63.9 Å². The molecule has 0 bridgehead atoms. The van der Waals surface area contributed by atoms with Gasteiger partial charge in [0.15, 0.2) is 10.9 Å². The predicted molar refractivity (Wildman–Crippen MR) is 112 cm³/mol. The number of thiazole rings is 1. The van der Waals surface area contributed by atoms with Crippen molar-refractivity contribution in [2.24, 2.45) is 13.0 Å². The van der Waals surface area contributed by atoms with Gasteiger partial charge in [-0.2, -0.15) is 5.10 Å². The minimum atomic E-state index is -0.471. The largest absolute Gasteiger partial charge is 0.352 e. The van der Waals surface area contributed by atoms with E-state index in [2.05, 4.69) is 20.7 Å². The van der Waals surface area contributed by atoms with E-state index in [1.54, 1.807) is 35.1 Å². The monoisotopic (exact) mass is 423 g/mol. The van der Waals surface area contributed by atoms with Crippen LogP contribution in [0.15, 0.2) is 36.5 Å². The Labute approximate surface area is 177 Å². The molecule has 0 aliphatic heterocycles. The highest BCUT2D eigenvalue weighted by molar-refractivity contribution is 7.17. The molecule has 8 nitrogen and oxygen atoms in total. The Bertz CT molecular complexity index is 1120. The lowest BCUT2D eigenvalue weighted by Gasteiger charge is -2.19. The minimum absolute atomic E-state index is 0.119. The zero-order valence-electron chi connectivity index (χ0n) is 16.6. The maximum absolute atomic E-state index is 12.6. The Morgan fingerprint density at radius 3 is 2.70 bits per heavy atom. The number of aromatic nitrogens is 3. The Hall–Kier alpha value is -3.33. The van der Waals surface area contributed by atoms with Crippen molar-refractivity contribution in [2.45, 2.75) is 26.3 Å². The second-order valence-electron chi connectivity index (χ2n) is 7.24. The number of hydrogen-bond acceptors (Lipinski definition) is 6. The highest BCUT2D eigenvalue weighted by Gasteiger charge is 2.33. The third-order valence-electron chi connectivity index (χ3n) is 5.24. The second-order valence-corrected chi connectivity index (χ2v) is 8.24. The number of aryl methyl sites for hydroxylation is 1. The maximum atomic E-state index is 12.6. The van der Waals surface area contributed by atoms with Crippen molar-refractivity contribution < 1.29 is 14.4 Å². The molecule has 0 radical (unpaired) electrons. The van der Waals surface area contributed by atoms with E-state index < -0.39 is 5.92 Å². The number of hydrogen-bond donors (Lipinski definition) is 2. The third-order valence-corrected chi connectivity index (χ3v) is 6.29. The van der Waals surface area contributed by atoms with Gasteiger partial charge in [-0.05, 0) is 19.1 Å². The van der Waals surface area contributed by atoms with Gasteiger partial charge in [0.05, 0.1) is 22.7 Å². The van der Waals surface area contributed by atoms with Crippen LogP contribution in [-0.2, 0) is 24.8 Å². The van der Waals surface area contributed by atoms with Crippen molar-refractivity contribution in [2.75, 3.05) is 5.32 Å². The summed E-state index contributed by atoms with van der Waals surface area (Å²) in [7, 11) is 1.85. The fourth-order valence-corrected chi connectivity index (χ4v) is 4.31. The van der Waals surface area contributed by atoms with Gasteiger partial charge in [0, 0.05) is 43.3 Å². The number of carbonyl (C=O) groups is 3. The van der Waals surface area contributed by atoms with Gasteiger partial charge in [0.25, 0.3) is 5.91 Å². The molecule has 0 fully saturated rings. The molecule has 9 heteroatoms. The molecule has 0 saturated carbocycles. The SMILES string of the molecule is Cc1c(CNC(=O)C2CC(=O)c3sc(NC(=O)c4ccccc4)nc3C2)cnn1C. The topological polar surface area (TPSA) is 106 Å². The van der Waals surface area contributed by atoms with Crippen LogP contribution in [-0.4, -0.2) is 32.4 Å². The number of nitrogens with one attached hydrogen (secondary N) is 2. The lowest BCUT2D eigenvalue weighted by molar-refractivity contribution is -0.125. The van der Waals surface area contributed by atoms with Crippen LogP contribution in [0.2, 0.25) is 0 Å². The summed E-state index contributed by atoms with van der Waals surface area (Å²) in [5, 5.41) is 10.2. The van der Waals surface area contributed by atoms with E-state index in [1.807, 2.05) is 20.0 Å². The van der Waals surface area contributed by atoms with Crippen LogP contribution in [0.25, 0.3) is 0 Å². The summed E-state index contributed by atoms with van der Waals surface area (Å²) in [5.41, 5.74) is 3.00. The van der Waals surface area contributed by atoms with E-state index in [0.717, 1.165) is 22.6 Å². The number of Topliss-reactive ketones (excluding diaryl/α,β-unsaturated/α-hetero) is 1. The molecule has 2 amide bonds. The first kappa shape index (κ1) is 20.0. The molecular weight excluding hydrogens is 402 g/mol. The van der Waals surface area contributed by atoms with Crippen LogP contribution in [0.4, 0.5) is 5.13 Å². The first-order chi connectivity index (χ1) is 14.4. The molecular formula is C21H21N5O3S. The summed E-state index contributed by atoms with van der Waals surface area (Å²) in [6.07, 6.45) is 2.23. The standard InChI is InChI=1S/C21H21N5O3S/c1-12-15(11-23-26(12)2)10-22-19(28)14-8-16-18(17(27)9-14)30-21(24-16)25-20(29)13-6-4-3-5-7-13/h3-7,11,14H,8-10H2,1-2H3,(H,22,28)(H,24,25,29). The van der Waals surface area contributed by atoms with Gasteiger partial charge in [-0.1, -0.05) is 29.5 Å². The molecule has 1 unspecified atom stereocenters. The lowest BCUT2D eigenvalue weighted by atomic mass is 9.89. The lowest BCUT2D eigenvalue weighted by Crippen LogP contribution is -2.35. The molecule has 4 rings (SSSR count). The van der Waals surface area contributed by atoms with Gasteiger partial charge in [-0.25, -0.2) is 4.98 Å². The first-order valence-electron chi connectivity index (χ1n) is 9.57. The molecule has 3 aromatic rings. The van der Waals surface area contributed by atoms with E-state index in [0.29, 0.717) is 34.2 Å². The van der Waals surface area contributed by atoms with Gasteiger partial charge >= 0.3 is 0 Å². The molecule has 0 spiro atoms. The number of amides is 2. The van der Waals surface area contributed by atoms with Crippen molar-refractivity contribution in [3.63, 3.8) is 0 Å². The van der Waals surface area contributed by atoms with Crippen molar-refractivity contribution >= 4 is 34.1 Å². The smallest absolute Gasteiger partial charge is 0.257 e. The van der Waals surface area contributed by atoms with Crippen LogP contribution < -0.4 is 10.6 Å². The van der Waals surface area contributed by atoms with E-state index in [4.69, 9.17) is 0 Å². The zero-order valence-corrected chi connectivity index (χ0v) is 17.5. The van der Waals surface area contributed by atoms with E-state index in [-0.39, 0.29) is 24.0 Å². The Kier molecular flexibility index (Phi) is 5.45. The van der Waals surface area contributed by atoms with Crippen molar-refractivity contribution in [1.82, 2.24) is 20.1 Å². The maximum Gasteiger partial charge on any atom is 0.257 e. The van der Waals surface area contributed by atoms with Crippen LogP contribution in [0.5, 0.6) is 0 Å². The van der Waals surface area contributed by atoms with E-state index in [1.165, 1.54) is 0 Å². The van der Waals surface area contributed by atoms with Gasteiger partial charge in [0.2, 0.25) is 5.91 Å². The third kappa shape index (κ3) is 4.02. The minimum Gasteiger partial charge on any atom is -0.352 e. The quantitative estimate of drug-likeness (QED) is 0.656. The summed E-state index contributed by atoms with van der Waals surface area (Å²) >= 11 is 1.16. The van der Waals surface area contributed by atoms with Gasteiger partial charge in [0.1, 0.15) is 0 Å². The van der Waals surface area contributed by atoms with Crippen LogP contribution in [0.1, 0.15) is 43.4 Å². The highest BCUT2D eigenvalue weighted by Crippen LogP contribution is 2.32. The molecule has 1 atom stereocenters. The molecule has 154 valence electrons. The number of ketones is 1. The summed E-state index contributed by atoms with van der Waals surface area (Å²) in [6.45, 7) is 2.30. The summed E-state index contributed by atoms with van der Waals surface area (Å²) in [4.78, 5) is 42.5. The second kappa shape index (κ2) is 8.19. The number of carbonyl (C=O) groups excluding carboxylic acids is 3. The molecule has 2 aromatic heterocycles. The van der Waals surface area contributed by atoms with Gasteiger partial charge < -0.3 is 5.32 Å². The van der Waals surface area contributed by atoms with Crippen LogP contribution in [0.3, 0.4) is 0 Å². The number of anilines is 1. The number of rotatable bonds is 5. The summed E-state index contributed by atoms with van der Waals surface area (Å²) in [5.74, 6) is -1.05. The van der Waals surface area contributed by atoms with Gasteiger partial charge in [-0.15, -0.1) is 0 Å². The fourth-order valence-electron chi connectivity index (χ4n) is 3.37. The summed E-state index contributed by atoms with van der Waals surface area (Å²) < 4.78 is 1.75. The fraction of sp³-hybridized carbons (Fsp3) is 0.286. The average Bonchev–Trinajstić information content (AvgIpc) is 3.30. The predicted octanol–water partition coefficient (Wildman–Crippen LogP) is 2.50. The molecule has 2 heterocycles. The molecule has 0 saturated heterocycles. The number of benzene rings is 1. The first-order valence-corrected chi connectivity index (χ1v) is 10.4. The summed E-state index contributed by atoms with van der Waals surface area (Å²) in [6, 6.07) is 8.80. The highest BCUT2D eigenvalue weighted by atomic mass is 32.1. The van der Waals surface area contributed by atoms with Gasteiger partial charge in [-0.3, -0.25) is 24.4 Å². The average molecular weight is 423 g/mol. The number of nitrogens with zero attached hydrogens (tertiary/aromatic N) is 3. The molecule has 1 aliphatic rings. The van der Waals surface area contributed by atoms with Crippen molar-refractivity contribution in [3.8, 4) is 0 Å². The number of fused-ring (bicyclic) bond motifs is 1. The molecule has 1 aromatic carbocycles. The van der Waals surface area contributed by atoms with E-state index >= 15 is 0 Å². The zero-order chi connectivity index (χ0) is 21.3. The van der Waals surface area contributed by atoms with Crippen LogP contribution in [0, 0.1) is 12.8 Å². The van der Waals surface area contributed by atoms with E-state index in [9.17, 15) is 14.4 Å². The van der Waals surface area contributed by atoms with Crippen molar-refractivity contribution in [1.29, 1.82) is 0 Å². The molecule has 30 heavy (non-hydrogen) atoms. The van der Waals surface area contributed by atoms with Crippen LogP contribution >= 0.6 is 11.3 Å². The molecule has 2 N–H and O–H groups in total. The normalized spacial score (nSPS) is 15.5. The Morgan fingerprint density at radius 1 is 1.23 bits per heavy atom. The molecule has 1 aliphatic carbocycles. The Morgan fingerprint density at radius 2 is 2.00 bits per heavy atom.